The zero-order valence-electron chi connectivity index (χ0n) is 17.8. The fourth-order valence-electron chi connectivity index (χ4n) is 4.90. The predicted octanol–water partition coefficient (Wildman–Crippen LogP) is 3.00. The SMILES string of the molecule is CN(Cc1ccccc1)C(=O)C1Cc2ccccc2N2CCN(c3ncccn3)CC12. The van der Waals surface area contributed by atoms with Gasteiger partial charge < -0.3 is 14.7 Å². The van der Waals surface area contributed by atoms with Crippen LogP contribution in [-0.4, -0.2) is 53.5 Å². The van der Waals surface area contributed by atoms with E-state index in [0.29, 0.717) is 6.54 Å². The standard InChI is InChI=1S/C25H27N5O/c1-28(17-19-8-3-2-4-9-19)24(31)21-16-20-10-5-6-11-22(20)30-15-14-29(18-23(21)30)25-26-12-7-13-27-25/h2-13,21,23H,14-18H2,1H3. The third-order valence-corrected chi connectivity index (χ3v) is 6.41. The lowest BCUT2D eigenvalue weighted by Gasteiger charge is -2.49. The molecule has 0 aliphatic carbocycles. The molecule has 0 radical (unpaired) electrons. The summed E-state index contributed by atoms with van der Waals surface area (Å²) in [6.45, 7) is 3.06. The lowest BCUT2D eigenvalue weighted by Crippen LogP contribution is -2.61. The molecule has 1 aromatic heterocycles. The van der Waals surface area contributed by atoms with E-state index in [1.807, 2.05) is 36.2 Å². The minimum absolute atomic E-state index is 0.0955. The zero-order chi connectivity index (χ0) is 21.2. The maximum atomic E-state index is 13.7. The van der Waals surface area contributed by atoms with Crippen molar-refractivity contribution in [2.24, 2.45) is 5.92 Å². The lowest BCUT2D eigenvalue weighted by molar-refractivity contribution is -0.135. The highest BCUT2D eigenvalue weighted by Crippen LogP contribution is 2.37. The number of hydrogen-bond donors (Lipinski definition) is 0. The van der Waals surface area contributed by atoms with Gasteiger partial charge in [-0.1, -0.05) is 48.5 Å². The number of para-hydroxylation sites is 1. The van der Waals surface area contributed by atoms with Gasteiger partial charge in [-0.2, -0.15) is 0 Å². The molecule has 5 rings (SSSR count). The molecular formula is C25H27N5O. The molecule has 2 atom stereocenters. The molecule has 1 saturated heterocycles. The van der Waals surface area contributed by atoms with Crippen LogP contribution in [0, 0.1) is 5.92 Å². The Hall–Kier alpha value is -3.41. The fraction of sp³-hybridized carbons (Fsp3) is 0.320. The number of rotatable bonds is 4. The van der Waals surface area contributed by atoms with E-state index in [1.54, 1.807) is 12.4 Å². The highest BCUT2D eigenvalue weighted by atomic mass is 16.2. The van der Waals surface area contributed by atoms with Crippen LogP contribution in [0.4, 0.5) is 11.6 Å². The van der Waals surface area contributed by atoms with Gasteiger partial charge in [-0.15, -0.1) is 0 Å². The van der Waals surface area contributed by atoms with Crippen molar-refractivity contribution in [3.05, 3.63) is 84.2 Å². The smallest absolute Gasteiger partial charge is 0.228 e. The van der Waals surface area contributed by atoms with Crippen molar-refractivity contribution >= 4 is 17.5 Å². The Kier molecular flexibility index (Phi) is 5.28. The molecular weight excluding hydrogens is 386 g/mol. The number of anilines is 2. The molecule has 158 valence electrons. The van der Waals surface area contributed by atoms with Crippen molar-refractivity contribution in [1.82, 2.24) is 14.9 Å². The van der Waals surface area contributed by atoms with Crippen LogP contribution in [0.1, 0.15) is 11.1 Å². The molecule has 2 aliphatic rings. The first-order valence-electron chi connectivity index (χ1n) is 10.9. The quantitative estimate of drug-likeness (QED) is 0.658. The lowest BCUT2D eigenvalue weighted by atomic mass is 9.83. The van der Waals surface area contributed by atoms with E-state index in [4.69, 9.17) is 0 Å². The zero-order valence-corrected chi connectivity index (χ0v) is 17.8. The number of fused-ring (bicyclic) bond motifs is 3. The van der Waals surface area contributed by atoms with E-state index >= 15 is 0 Å². The second kappa shape index (κ2) is 8.38. The highest BCUT2D eigenvalue weighted by molar-refractivity contribution is 5.82. The summed E-state index contributed by atoms with van der Waals surface area (Å²) in [6, 6.07) is 20.6. The topological polar surface area (TPSA) is 52.6 Å². The van der Waals surface area contributed by atoms with Crippen molar-refractivity contribution in [2.45, 2.75) is 19.0 Å². The first-order chi connectivity index (χ1) is 15.2. The van der Waals surface area contributed by atoms with Gasteiger partial charge in [0.1, 0.15) is 0 Å². The molecule has 2 unspecified atom stereocenters. The summed E-state index contributed by atoms with van der Waals surface area (Å²) in [5.41, 5.74) is 3.67. The average molecular weight is 414 g/mol. The van der Waals surface area contributed by atoms with E-state index in [1.165, 1.54) is 11.3 Å². The van der Waals surface area contributed by atoms with Gasteiger partial charge in [0.05, 0.1) is 12.0 Å². The summed E-state index contributed by atoms with van der Waals surface area (Å²) >= 11 is 0. The Labute approximate surface area is 183 Å². The predicted molar refractivity (Wildman–Crippen MR) is 122 cm³/mol. The van der Waals surface area contributed by atoms with Gasteiger partial charge in [-0.25, -0.2) is 9.97 Å². The molecule has 0 saturated carbocycles. The minimum atomic E-state index is -0.102. The normalized spacial score (nSPS) is 20.0. The third kappa shape index (κ3) is 3.85. The van der Waals surface area contributed by atoms with Gasteiger partial charge in [0, 0.05) is 51.3 Å². The summed E-state index contributed by atoms with van der Waals surface area (Å²) in [5, 5.41) is 0. The Bertz CT molecular complexity index is 1040. The third-order valence-electron chi connectivity index (χ3n) is 6.41. The van der Waals surface area contributed by atoms with Crippen LogP contribution >= 0.6 is 0 Å². The molecule has 0 spiro atoms. The Morgan fingerprint density at radius 3 is 2.55 bits per heavy atom. The molecule has 2 aromatic carbocycles. The molecule has 0 N–H and O–H groups in total. The summed E-state index contributed by atoms with van der Waals surface area (Å²) < 4.78 is 0. The van der Waals surface area contributed by atoms with Gasteiger partial charge in [-0.05, 0) is 29.7 Å². The first-order valence-corrected chi connectivity index (χ1v) is 10.9. The molecule has 6 heteroatoms. The number of carbonyl (C=O) groups is 1. The number of aromatic nitrogens is 2. The number of amides is 1. The molecule has 1 fully saturated rings. The second-order valence-electron chi connectivity index (χ2n) is 8.37. The average Bonchev–Trinajstić information content (AvgIpc) is 2.84. The van der Waals surface area contributed by atoms with Crippen LogP contribution in [0.25, 0.3) is 0 Å². The Morgan fingerprint density at radius 1 is 1.00 bits per heavy atom. The minimum Gasteiger partial charge on any atom is -0.364 e. The maximum absolute atomic E-state index is 13.7. The molecule has 31 heavy (non-hydrogen) atoms. The second-order valence-corrected chi connectivity index (χ2v) is 8.37. The Balaban J connectivity index is 1.43. The molecule has 6 nitrogen and oxygen atoms in total. The van der Waals surface area contributed by atoms with Crippen molar-refractivity contribution in [3.8, 4) is 0 Å². The van der Waals surface area contributed by atoms with Crippen LogP contribution in [-0.2, 0) is 17.8 Å². The molecule has 3 heterocycles. The molecule has 1 amide bonds. The van der Waals surface area contributed by atoms with Gasteiger partial charge in [0.15, 0.2) is 0 Å². The van der Waals surface area contributed by atoms with Gasteiger partial charge in [0.2, 0.25) is 11.9 Å². The first kappa shape index (κ1) is 19.5. The number of benzene rings is 2. The number of hydrogen-bond acceptors (Lipinski definition) is 5. The maximum Gasteiger partial charge on any atom is 0.228 e. The Morgan fingerprint density at radius 2 is 1.74 bits per heavy atom. The van der Waals surface area contributed by atoms with Crippen LogP contribution < -0.4 is 9.80 Å². The number of carbonyl (C=O) groups excluding carboxylic acids is 1. The van der Waals surface area contributed by atoms with Crippen LogP contribution in [0.2, 0.25) is 0 Å². The van der Waals surface area contributed by atoms with E-state index < -0.39 is 0 Å². The summed E-state index contributed by atoms with van der Waals surface area (Å²) in [5.74, 6) is 0.837. The summed E-state index contributed by atoms with van der Waals surface area (Å²) in [7, 11) is 1.92. The van der Waals surface area contributed by atoms with Crippen molar-refractivity contribution in [3.63, 3.8) is 0 Å². The van der Waals surface area contributed by atoms with Gasteiger partial charge in [-0.3, -0.25) is 4.79 Å². The molecule has 0 bridgehead atoms. The van der Waals surface area contributed by atoms with E-state index in [2.05, 4.69) is 56.2 Å². The van der Waals surface area contributed by atoms with Gasteiger partial charge >= 0.3 is 0 Å². The number of piperazine rings is 1. The van der Waals surface area contributed by atoms with Gasteiger partial charge in [0.25, 0.3) is 0 Å². The fourth-order valence-corrected chi connectivity index (χ4v) is 4.90. The largest absolute Gasteiger partial charge is 0.364 e. The van der Waals surface area contributed by atoms with E-state index in [9.17, 15) is 4.79 Å². The van der Waals surface area contributed by atoms with Crippen LogP contribution in [0.15, 0.2) is 73.1 Å². The highest BCUT2D eigenvalue weighted by Gasteiger charge is 2.42. The van der Waals surface area contributed by atoms with E-state index in [0.717, 1.165) is 37.6 Å². The van der Waals surface area contributed by atoms with Crippen molar-refractivity contribution in [1.29, 1.82) is 0 Å². The van der Waals surface area contributed by atoms with Crippen molar-refractivity contribution in [2.75, 3.05) is 36.5 Å². The van der Waals surface area contributed by atoms with Crippen LogP contribution in [0.5, 0.6) is 0 Å². The summed E-state index contributed by atoms with van der Waals surface area (Å²) in [4.78, 5) is 29.1. The summed E-state index contributed by atoms with van der Waals surface area (Å²) in [6.07, 6.45) is 4.32. The van der Waals surface area contributed by atoms with Crippen LogP contribution in [0.3, 0.4) is 0 Å². The number of nitrogens with zero attached hydrogens (tertiary/aromatic N) is 5. The van der Waals surface area contributed by atoms with E-state index in [-0.39, 0.29) is 17.9 Å². The van der Waals surface area contributed by atoms with Crippen molar-refractivity contribution < 1.29 is 4.79 Å². The molecule has 2 aliphatic heterocycles. The monoisotopic (exact) mass is 413 g/mol. The molecule has 3 aromatic rings.